The molecule has 0 fully saturated rings. The molecule has 0 heterocycles. The number of rotatable bonds is 23. The third kappa shape index (κ3) is 24.4. The summed E-state index contributed by atoms with van der Waals surface area (Å²) in [7, 11) is 0. The fourth-order valence-corrected chi connectivity index (χ4v) is 2.59. The number of carboxylic acid groups (broad SMARTS) is 1. The third-order valence-electron chi connectivity index (χ3n) is 4.32. The first-order valence-corrected chi connectivity index (χ1v) is 11.4. The first-order valence-electron chi connectivity index (χ1n) is 11.4. The van der Waals surface area contributed by atoms with Gasteiger partial charge >= 0.3 is 11.9 Å². The van der Waals surface area contributed by atoms with Crippen molar-refractivity contribution in [1.82, 2.24) is 5.32 Å². The van der Waals surface area contributed by atoms with Gasteiger partial charge in [0.2, 0.25) is 5.91 Å². The lowest BCUT2D eigenvalue weighted by atomic mass is 10.1. The number of carboxylic acids is 1. The van der Waals surface area contributed by atoms with E-state index < -0.39 is 5.97 Å². The molecule has 0 aliphatic rings. The summed E-state index contributed by atoms with van der Waals surface area (Å²) in [6.45, 7) is 5.52. The lowest BCUT2D eigenvalue weighted by molar-refractivity contribution is -0.145. The van der Waals surface area contributed by atoms with E-state index in [9.17, 15) is 14.4 Å². The van der Waals surface area contributed by atoms with Crippen LogP contribution in [0.3, 0.4) is 0 Å². The molecule has 0 unspecified atom stereocenters. The molecule has 9 nitrogen and oxygen atoms in total. The Morgan fingerprint density at radius 2 is 1.26 bits per heavy atom. The predicted octanol–water partition coefficient (Wildman–Crippen LogP) is 2.70. The average molecular weight is 448 g/mol. The zero-order valence-corrected chi connectivity index (χ0v) is 19.0. The molecule has 182 valence electrons. The highest BCUT2D eigenvalue weighted by atomic mass is 16.6. The van der Waals surface area contributed by atoms with E-state index in [0.717, 1.165) is 12.8 Å². The van der Waals surface area contributed by atoms with Crippen molar-refractivity contribution >= 4 is 17.8 Å². The zero-order valence-electron chi connectivity index (χ0n) is 19.0. The van der Waals surface area contributed by atoms with E-state index in [1.807, 2.05) is 0 Å². The lowest BCUT2D eigenvalue weighted by Gasteiger charge is -2.08. The molecule has 0 aliphatic carbocycles. The van der Waals surface area contributed by atoms with Gasteiger partial charge in [0.05, 0.1) is 39.5 Å². The highest BCUT2D eigenvalue weighted by Gasteiger charge is 2.04. The lowest BCUT2D eigenvalue weighted by Crippen LogP contribution is -2.25. The normalized spacial score (nSPS) is 10.7. The molecule has 0 saturated carbocycles. The molecule has 0 radical (unpaired) electrons. The Kier molecular flexibility index (Phi) is 21.7. The van der Waals surface area contributed by atoms with Gasteiger partial charge in [-0.1, -0.05) is 39.0 Å². The van der Waals surface area contributed by atoms with Gasteiger partial charge in [0.1, 0.15) is 6.61 Å². The molecule has 0 aliphatic heterocycles. The van der Waals surface area contributed by atoms with Crippen molar-refractivity contribution in [3.63, 3.8) is 0 Å². The quantitative estimate of drug-likeness (QED) is 0.181. The number of amides is 1. The number of hydrogen-bond donors (Lipinski definition) is 2. The van der Waals surface area contributed by atoms with Gasteiger partial charge in [-0.25, -0.2) is 0 Å². The highest BCUT2D eigenvalue weighted by Crippen LogP contribution is 2.07. The standard InChI is InChI=1S/C22H41NO8/c1-2-3-4-5-6-7-9-22(27)31-19-18-30-17-16-29-15-14-28-13-8-12-23-20(24)10-11-21(25)26/h2-19H2,1H3,(H,23,24)(H,25,26). The van der Waals surface area contributed by atoms with Crippen LogP contribution in [0.4, 0.5) is 0 Å². The van der Waals surface area contributed by atoms with E-state index in [1.165, 1.54) is 25.7 Å². The molecule has 1 amide bonds. The van der Waals surface area contributed by atoms with E-state index in [4.69, 9.17) is 24.1 Å². The minimum Gasteiger partial charge on any atom is -0.481 e. The van der Waals surface area contributed by atoms with Crippen molar-refractivity contribution in [2.45, 2.75) is 71.1 Å². The van der Waals surface area contributed by atoms with Crippen LogP contribution in [0.15, 0.2) is 0 Å². The molecule has 31 heavy (non-hydrogen) atoms. The van der Waals surface area contributed by atoms with Crippen molar-refractivity contribution in [2.24, 2.45) is 0 Å². The predicted molar refractivity (Wildman–Crippen MR) is 116 cm³/mol. The van der Waals surface area contributed by atoms with Crippen molar-refractivity contribution in [2.75, 3.05) is 52.8 Å². The maximum absolute atomic E-state index is 11.6. The summed E-state index contributed by atoms with van der Waals surface area (Å²) in [4.78, 5) is 33.2. The molecule has 0 aromatic rings. The summed E-state index contributed by atoms with van der Waals surface area (Å²) in [6.07, 6.45) is 7.85. The third-order valence-corrected chi connectivity index (χ3v) is 4.32. The molecule has 2 N–H and O–H groups in total. The molecular formula is C22H41NO8. The fourth-order valence-electron chi connectivity index (χ4n) is 2.59. The number of carbonyl (C=O) groups is 3. The Morgan fingerprint density at radius 1 is 0.677 bits per heavy atom. The van der Waals surface area contributed by atoms with Gasteiger partial charge in [-0.05, 0) is 12.8 Å². The van der Waals surface area contributed by atoms with E-state index in [0.29, 0.717) is 59.0 Å². The molecular weight excluding hydrogens is 406 g/mol. The number of ether oxygens (including phenoxy) is 4. The monoisotopic (exact) mass is 447 g/mol. The fraction of sp³-hybridized carbons (Fsp3) is 0.864. The number of esters is 1. The smallest absolute Gasteiger partial charge is 0.305 e. The van der Waals surface area contributed by atoms with Crippen LogP contribution in [0.5, 0.6) is 0 Å². The van der Waals surface area contributed by atoms with Crippen LogP contribution in [0.25, 0.3) is 0 Å². The minimum absolute atomic E-state index is 0.00622. The Balaban J connectivity index is 3.20. The molecule has 0 rings (SSSR count). The van der Waals surface area contributed by atoms with Crippen LogP contribution < -0.4 is 5.32 Å². The first kappa shape index (κ1) is 29.3. The molecule has 0 aromatic heterocycles. The maximum Gasteiger partial charge on any atom is 0.305 e. The van der Waals surface area contributed by atoms with Crippen LogP contribution in [0.1, 0.15) is 71.1 Å². The topological polar surface area (TPSA) is 120 Å². The van der Waals surface area contributed by atoms with Crippen LogP contribution in [0, 0.1) is 0 Å². The van der Waals surface area contributed by atoms with Crippen LogP contribution in [-0.2, 0) is 33.3 Å². The van der Waals surface area contributed by atoms with E-state index in [1.54, 1.807) is 0 Å². The zero-order chi connectivity index (χ0) is 23.0. The molecule has 0 bridgehead atoms. The Bertz CT molecular complexity index is 459. The summed E-state index contributed by atoms with van der Waals surface area (Å²) in [5.74, 6) is -1.41. The van der Waals surface area contributed by atoms with Crippen molar-refractivity contribution in [3.05, 3.63) is 0 Å². The summed E-state index contributed by atoms with van der Waals surface area (Å²) < 4.78 is 21.2. The van der Waals surface area contributed by atoms with Gasteiger partial charge in [0, 0.05) is 26.0 Å². The number of nitrogens with one attached hydrogen (secondary N) is 1. The van der Waals surface area contributed by atoms with Gasteiger partial charge < -0.3 is 29.4 Å². The highest BCUT2D eigenvalue weighted by molar-refractivity contribution is 5.80. The Labute approximate surface area is 186 Å². The Hall–Kier alpha value is -1.71. The molecule has 9 heteroatoms. The first-order chi connectivity index (χ1) is 15.1. The number of unbranched alkanes of at least 4 members (excludes halogenated alkanes) is 5. The Morgan fingerprint density at radius 3 is 1.90 bits per heavy atom. The number of aliphatic carboxylic acids is 1. The van der Waals surface area contributed by atoms with Crippen LogP contribution in [-0.4, -0.2) is 75.7 Å². The second-order valence-corrected chi connectivity index (χ2v) is 7.17. The second kappa shape index (κ2) is 23.0. The van der Waals surface area contributed by atoms with E-state index in [-0.39, 0.29) is 31.3 Å². The largest absolute Gasteiger partial charge is 0.481 e. The SMILES string of the molecule is CCCCCCCCC(=O)OCCOCCOCCOCCCNC(=O)CCC(=O)O. The number of carbonyl (C=O) groups excluding carboxylic acids is 2. The summed E-state index contributed by atoms with van der Waals surface area (Å²) in [5.41, 5.74) is 0. The summed E-state index contributed by atoms with van der Waals surface area (Å²) in [5, 5.41) is 11.1. The minimum atomic E-state index is -0.980. The van der Waals surface area contributed by atoms with E-state index in [2.05, 4.69) is 12.2 Å². The van der Waals surface area contributed by atoms with Crippen LogP contribution in [0.2, 0.25) is 0 Å². The van der Waals surface area contributed by atoms with Gasteiger partial charge in [-0.3, -0.25) is 14.4 Å². The second-order valence-electron chi connectivity index (χ2n) is 7.17. The van der Waals surface area contributed by atoms with Crippen molar-refractivity contribution < 1.29 is 38.4 Å². The molecule has 0 aromatic carbocycles. The van der Waals surface area contributed by atoms with Gasteiger partial charge in [0.15, 0.2) is 0 Å². The number of hydrogen-bond acceptors (Lipinski definition) is 7. The van der Waals surface area contributed by atoms with E-state index >= 15 is 0 Å². The van der Waals surface area contributed by atoms with Gasteiger partial charge in [-0.15, -0.1) is 0 Å². The summed E-state index contributed by atoms with van der Waals surface area (Å²) in [6, 6.07) is 0. The average Bonchev–Trinajstić information content (AvgIpc) is 2.74. The maximum atomic E-state index is 11.6. The molecule has 0 saturated heterocycles. The van der Waals surface area contributed by atoms with Crippen molar-refractivity contribution in [1.29, 1.82) is 0 Å². The van der Waals surface area contributed by atoms with Gasteiger partial charge in [-0.2, -0.15) is 0 Å². The summed E-state index contributed by atoms with van der Waals surface area (Å²) >= 11 is 0. The van der Waals surface area contributed by atoms with Crippen LogP contribution >= 0.6 is 0 Å². The molecule has 0 spiro atoms. The molecule has 0 atom stereocenters. The van der Waals surface area contributed by atoms with Crippen molar-refractivity contribution in [3.8, 4) is 0 Å². The van der Waals surface area contributed by atoms with Gasteiger partial charge in [0.25, 0.3) is 0 Å².